The molecule has 1 aliphatic carbocycles. The number of phenolic OH excluding ortho intramolecular Hbond substituents is 1. The van der Waals surface area contributed by atoms with E-state index in [4.69, 9.17) is 4.42 Å². The molecule has 17 heavy (non-hydrogen) atoms. The molecule has 88 valence electrons. The lowest BCUT2D eigenvalue weighted by Gasteiger charge is -1.97. The first-order valence-corrected chi connectivity index (χ1v) is 5.67. The van der Waals surface area contributed by atoms with Crippen LogP contribution in [-0.2, 0) is 0 Å². The summed E-state index contributed by atoms with van der Waals surface area (Å²) in [7, 11) is 0. The smallest absolute Gasteiger partial charge is 0.287 e. The van der Waals surface area contributed by atoms with Gasteiger partial charge in [0, 0.05) is 17.5 Å². The molecule has 0 aliphatic heterocycles. The number of benzene rings is 1. The van der Waals surface area contributed by atoms with Crippen LogP contribution in [0.1, 0.15) is 29.0 Å². The second-order valence-electron chi connectivity index (χ2n) is 4.53. The number of carbonyl (C=O) groups is 1. The van der Waals surface area contributed by atoms with E-state index in [9.17, 15) is 9.90 Å². The highest BCUT2D eigenvalue weighted by Crippen LogP contribution is 2.27. The van der Waals surface area contributed by atoms with Gasteiger partial charge in [-0.3, -0.25) is 4.79 Å². The Labute approximate surface area is 98.2 Å². The van der Waals surface area contributed by atoms with Crippen LogP contribution in [0.3, 0.4) is 0 Å². The maximum atomic E-state index is 11.8. The fourth-order valence-corrected chi connectivity index (χ4v) is 1.79. The summed E-state index contributed by atoms with van der Waals surface area (Å²) in [5.41, 5.74) is 1.31. The van der Waals surface area contributed by atoms with E-state index in [1.165, 1.54) is 0 Å². The van der Waals surface area contributed by atoms with E-state index >= 15 is 0 Å². The van der Waals surface area contributed by atoms with E-state index in [0.29, 0.717) is 17.4 Å². The number of amides is 1. The van der Waals surface area contributed by atoms with Gasteiger partial charge in [0.1, 0.15) is 11.3 Å². The summed E-state index contributed by atoms with van der Waals surface area (Å²) < 4.78 is 5.42. The molecule has 3 rings (SSSR count). The van der Waals surface area contributed by atoms with Crippen molar-refractivity contribution in [2.45, 2.75) is 25.8 Å². The Balaban J connectivity index is 1.97. The minimum absolute atomic E-state index is 0.180. The maximum absolute atomic E-state index is 11.8. The van der Waals surface area contributed by atoms with Gasteiger partial charge in [0.25, 0.3) is 5.91 Å². The molecule has 1 aromatic carbocycles. The van der Waals surface area contributed by atoms with Crippen LogP contribution in [0.5, 0.6) is 5.75 Å². The number of aromatic hydroxyl groups is 1. The van der Waals surface area contributed by atoms with Crippen LogP contribution in [0.25, 0.3) is 11.0 Å². The van der Waals surface area contributed by atoms with Gasteiger partial charge < -0.3 is 14.8 Å². The molecule has 2 aromatic rings. The van der Waals surface area contributed by atoms with Gasteiger partial charge in [-0.25, -0.2) is 0 Å². The van der Waals surface area contributed by atoms with Gasteiger partial charge in [0.05, 0.1) is 0 Å². The van der Waals surface area contributed by atoms with Crippen LogP contribution in [0.4, 0.5) is 0 Å². The average Bonchev–Trinajstić information content (AvgIpc) is 2.99. The third-order valence-electron chi connectivity index (χ3n) is 2.97. The lowest BCUT2D eigenvalue weighted by atomic mass is 10.1. The topological polar surface area (TPSA) is 62.5 Å². The van der Waals surface area contributed by atoms with Crippen LogP contribution in [0.15, 0.2) is 22.6 Å². The quantitative estimate of drug-likeness (QED) is 0.833. The van der Waals surface area contributed by atoms with Crippen molar-refractivity contribution in [2.75, 3.05) is 0 Å². The predicted octanol–water partition coefficient (Wildman–Crippen LogP) is 2.34. The van der Waals surface area contributed by atoms with E-state index in [1.54, 1.807) is 12.1 Å². The molecule has 1 saturated carbocycles. The average molecular weight is 231 g/mol. The van der Waals surface area contributed by atoms with Gasteiger partial charge in [-0.05, 0) is 37.5 Å². The van der Waals surface area contributed by atoms with Crippen LogP contribution >= 0.6 is 0 Å². The summed E-state index contributed by atoms with van der Waals surface area (Å²) in [5.74, 6) is 0.304. The third kappa shape index (κ3) is 1.86. The second-order valence-corrected chi connectivity index (χ2v) is 4.53. The van der Waals surface area contributed by atoms with Gasteiger partial charge in [-0.15, -0.1) is 0 Å². The third-order valence-corrected chi connectivity index (χ3v) is 2.97. The number of aryl methyl sites for hydroxylation is 1. The van der Waals surface area contributed by atoms with Crippen LogP contribution < -0.4 is 5.32 Å². The van der Waals surface area contributed by atoms with Gasteiger partial charge >= 0.3 is 0 Å². The second kappa shape index (κ2) is 3.52. The molecule has 1 heterocycles. The number of nitrogens with one attached hydrogen (secondary N) is 1. The summed E-state index contributed by atoms with van der Waals surface area (Å²) in [6, 6.07) is 5.37. The number of fused-ring (bicyclic) bond motifs is 1. The van der Waals surface area contributed by atoms with Crippen LogP contribution in [0.2, 0.25) is 0 Å². The van der Waals surface area contributed by atoms with Gasteiger partial charge in [0.2, 0.25) is 0 Å². The molecule has 0 spiro atoms. The molecule has 0 radical (unpaired) electrons. The fourth-order valence-electron chi connectivity index (χ4n) is 1.79. The first-order valence-electron chi connectivity index (χ1n) is 5.67. The molecule has 1 aliphatic rings. The van der Waals surface area contributed by atoms with E-state index in [1.807, 2.05) is 13.0 Å². The standard InChI is InChI=1S/C13H13NO3/c1-7-4-8-5-12(13(16)14-9-2-3-9)17-11(8)6-10(7)15/h4-6,9,15H,2-3H2,1H3,(H,14,16). The Kier molecular flexibility index (Phi) is 2.11. The van der Waals surface area contributed by atoms with Crippen LogP contribution in [-0.4, -0.2) is 17.1 Å². The Hall–Kier alpha value is -1.97. The van der Waals surface area contributed by atoms with E-state index in [0.717, 1.165) is 23.8 Å². The predicted molar refractivity (Wildman–Crippen MR) is 63.1 cm³/mol. The number of rotatable bonds is 2. The van der Waals surface area contributed by atoms with Crippen molar-refractivity contribution >= 4 is 16.9 Å². The molecule has 1 fully saturated rings. The lowest BCUT2D eigenvalue weighted by molar-refractivity contribution is 0.0925. The number of hydrogen-bond donors (Lipinski definition) is 2. The zero-order chi connectivity index (χ0) is 12.0. The molecule has 0 bridgehead atoms. The van der Waals surface area contributed by atoms with Crippen molar-refractivity contribution in [1.29, 1.82) is 0 Å². The molecular weight excluding hydrogens is 218 g/mol. The highest BCUT2D eigenvalue weighted by molar-refractivity contribution is 5.96. The first-order chi connectivity index (χ1) is 8.13. The maximum Gasteiger partial charge on any atom is 0.287 e. The largest absolute Gasteiger partial charge is 0.508 e. The Morgan fingerprint density at radius 3 is 2.88 bits per heavy atom. The van der Waals surface area contributed by atoms with Crippen molar-refractivity contribution in [3.05, 3.63) is 29.5 Å². The van der Waals surface area contributed by atoms with E-state index in [-0.39, 0.29) is 11.7 Å². The highest BCUT2D eigenvalue weighted by Gasteiger charge is 2.25. The Bertz CT molecular complexity index is 557. The lowest BCUT2D eigenvalue weighted by Crippen LogP contribution is -2.24. The van der Waals surface area contributed by atoms with Crippen molar-refractivity contribution in [3.63, 3.8) is 0 Å². The summed E-state index contributed by atoms with van der Waals surface area (Å²) in [6.07, 6.45) is 2.09. The Morgan fingerprint density at radius 2 is 2.18 bits per heavy atom. The highest BCUT2D eigenvalue weighted by atomic mass is 16.3. The summed E-state index contributed by atoms with van der Waals surface area (Å²) in [5, 5.41) is 13.3. The molecular formula is C13H13NO3. The van der Waals surface area contributed by atoms with E-state index < -0.39 is 0 Å². The minimum Gasteiger partial charge on any atom is -0.508 e. The molecule has 4 nitrogen and oxygen atoms in total. The molecule has 2 N–H and O–H groups in total. The fraction of sp³-hybridized carbons (Fsp3) is 0.308. The minimum atomic E-state index is -0.180. The zero-order valence-corrected chi connectivity index (χ0v) is 9.49. The Morgan fingerprint density at radius 1 is 1.41 bits per heavy atom. The van der Waals surface area contributed by atoms with Crippen molar-refractivity contribution in [2.24, 2.45) is 0 Å². The molecule has 4 heteroatoms. The van der Waals surface area contributed by atoms with E-state index in [2.05, 4.69) is 5.32 Å². The van der Waals surface area contributed by atoms with Crippen molar-refractivity contribution < 1.29 is 14.3 Å². The number of phenols is 1. The number of carbonyl (C=O) groups excluding carboxylic acids is 1. The molecule has 0 unspecified atom stereocenters. The monoisotopic (exact) mass is 231 g/mol. The molecule has 1 amide bonds. The SMILES string of the molecule is Cc1cc2cc(C(=O)NC3CC3)oc2cc1O. The molecule has 0 saturated heterocycles. The van der Waals surface area contributed by atoms with Gasteiger partial charge in [0.15, 0.2) is 5.76 Å². The first kappa shape index (κ1) is 10.2. The summed E-state index contributed by atoms with van der Waals surface area (Å²) in [4.78, 5) is 11.8. The number of hydrogen-bond acceptors (Lipinski definition) is 3. The zero-order valence-electron chi connectivity index (χ0n) is 9.49. The van der Waals surface area contributed by atoms with Gasteiger partial charge in [-0.2, -0.15) is 0 Å². The van der Waals surface area contributed by atoms with Crippen molar-refractivity contribution in [3.8, 4) is 5.75 Å². The van der Waals surface area contributed by atoms with Crippen molar-refractivity contribution in [1.82, 2.24) is 5.32 Å². The molecule has 1 aromatic heterocycles. The number of furan rings is 1. The molecule has 0 atom stereocenters. The van der Waals surface area contributed by atoms with Crippen LogP contribution in [0, 0.1) is 6.92 Å². The summed E-state index contributed by atoms with van der Waals surface area (Å²) >= 11 is 0. The normalized spacial score (nSPS) is 15.1. The summed E-state index contributed by atoms with van der Waals surface area (Å²) in [6.45, 7) is 1.81. The van der Waals surface area contributed by atoms with Gasteiger partial charge in [-0.1, -0.05) is 0 Å².